The van der Waals surface area contributed by atoms with Crippen molar-refractivity contribution in [3.8, 4) is 0 Å². The van der Waals surface area contributed by atoms with Gasteiger partial charge in [-0.1, -0.05) is 18.2 Å². The molecule has 4 heteroatoms. The van der Waals surface area contributed by atoms with E-state index in [-0.39, 0.29) is 0 Å². The minimum atomic E-state index is 0.726. The SMILES string of the molecule is CC(=Nc1ccccc1)NNN. The van der Waals surface area contributed by atoms with E-state index in [9.17, 15) is 0 Å². The Morgan fingerprint density at radius 2 is 2.00 bits per heavy atom. The summed E-state index contributed by atoms with van der Waals surface area (Å²) in [6.07, 6.45) is 0. The maximum atomic E-state index is 5.04. The standard InChI is InChI=1S/C8H12N4/c1-7(11-12-9)10-8-5-3-2-4-6-8/h2-6,12H,9H2,1H3,(H,10,11). The Morgan fingerprint density at radius 1 is 1.33 bits per heavy atom. The van der Waals surface area contributed by atoms with Crippen molar-refractivity contribution in [1.29, 1.82) is 0 Å². The first-order valence-electron chi connectivity index (χ1n) is 3.65. The fraction of sp³-hybridized carbons (Fsp3) is 0.125. The largest absolute Gasteiger partial charge is 0.296 e. The third-order valence-electron chi connectivity index (χ3n) is 1.31. The van der Waals surface area contributed by atoms with Crippen molar-refractivity contribution in [1.82, 2.24) is 11.0 Å². The number of hydrogen-bond acceptors (Lipinski definition) is 3. The lowest BCUT2D eigenvalue weighted by Gasteiger charge is -2.01. The fourth-order valence-corrected chi connectivity index (χ4v) is 0.829. The highest BCUT2D eigenvalue weighted by Gasteiger charge is 1.87. The number of hydrazine groups is 2. The predicted octanol–water partition coefficient (Wildman–Crippen LogP) is 0.704. The van der Waals surface area contributed by atoms with E-state index < -0.39 is 0 Å². The molecule has 1 aromatic rings. The van der Waals surface area contributed by atoms with Crippen molar-refractivity contribution >= 4 is 11.5 Å². The third-order valence-corrected chi connectivity index (χ3v) is 1.31. The molecule has 12 heavy (non-hydrogen) atoms. The molecule has 0 spiro atoms. The lowest BCUT2D eigenvalue weighted by atomic mass is 10.3. The molecule has 1 aromatic carbocycles. The Hall–Kier alpha value is -1.39. The molecule has 0 fully saturated rings. The lowest BCUT2D eigenvalue weighted by molar-refractivity contribution is 0.693. The van der Waals surface area contributed by atoms with Crippen LogP contribution in [-0.2, 0) is 0 Å². The van der Waals surface area contributed by atoms with Crippen molar-refractivity contribution in [3.63, 3.8) is 0 Å². The van der Waals surface area contributed by atoms with Crippen LogP contribution >= 0.6 is 0 Å². The molecule has 0 saturated carbocycles. The molecule has 1 rings (SSSR count). The Kier molecular flexibility index (Phi) is 3.25. The van der Waals surface area contributed by atoms with Gasteiger partial charge in [0.2, 0.25) is 0 Å². The molecule has 4 N–H and O–H groups in total. The predicted molar refractivity (Wildman–Crippen MR) is 49.7 cm³/mol. The van der Waals surface area contributed by atoms with E-state index in [1.165, 1.54) is 0 Å². The number of nitrogens with two attached hydrogens (primary N) is 1. The van der Waals surface area contributed by atoms with Crippen LogP contribution in [0.1, 0.15) is 6.92 Å². The van der Waals surface area contributed by atoms with E-state index in [0.29, 0.717) is 0 Å². The number of hydrogen-bond donors (Lipinski definition) is 3. The molecular formula is C8H12N4. The summed E-state index contributed by atoms with van der Waals surface area (Å²) < 4.78 is 0. The molecule has 0 amide bonds. The molecule has 0 atom stereocenters. The van der Waals surface area contributed by atoms with Crippen LogP contribution < -0.4 is 16.8 Å². The van der Waals surface area contributed by atoms with Crippen molar-refractivity contribution in [2.45, 2.75) is 6.92 Å². The molecule has 0 radical (unpaired) electrons. The molecule has 0 bridgehead atoms. The average molecular weight is 164 g/mol. The summed E-state index contributed by atoms with van der Waals surface area (Å²) in [5.41, 5.74) is 5.88. The van der Waals surface area contributed by atoms with Gasteiger partial charge in [0.25, 0.3) is 0 Å². The molecule has 0 aliphatic heterocycles. The first-order valence-corrected chi connectivity index (χ1v) is 3.65. The molecule has 0 aliphatic carbocycles. The van der Waals surface area contributed by atoms with Crippen LogP contribution in [0.5, 0.6) is 0 Å². The van der Waals surface area contributed by atoms with Gasteiger partial charge in [0, 0.05) is 0 Å². The Balaban J connectivity index is 2.67. The normalized spacial score (nSPS) is 11.3. The van der Waals surface area contributed by atoms with Crippen LogP contribution in [0.2, 0.25) is 0 Å². The Morgan fingerprint density at radius 3 is 2.58 bits per heavy atom. The zero-order valence-corrected chi connectivity index (χ0v) is 6.91. The van der Waals surface area contributed by atoms with Gasteiger partial charge in [-0.2, -0.15) is 5.53 Å². The molecule has 0 unspecified atom stereocenters. The summed E-state index contributed by atoms with van der Waals surface area (Å²) in [6, 6.07) is 9.65. The van der Waals surface area contributed by atoms with Gasteiger partial charge in [-0.25, -0.2) is 4.99 Å². The summed E-state index contributed by atoms with van der Waals surface area (Å²) >= 11 is 0. The van der Waals surface area contributed by atoms with Gasteiger partial charge in [-0.05, 0) is 19.1 Å². The number of benzene rings is 1. The summed E-state index contributed by atoms with van der Waals surface area (Å²) in [6.45, 7) is 1.83. The van der Waals surface area contributed by atoms with Crippen LogP contribution in [0.15, 0.2) is 35.3 Å². The zero-order valence-electron chi connectivity index (χ0n) is 6.91. The molecule has 64 valence electrons. The highest BCUT2D eigenvalue weighted by atomic mass is 15.5. The smallest absolute Gasteiger partial charge is 0.114 e. The van der Waals surface area contributed by atoms with E-state index >= 15 is 0 Å². The molecule has 0 heterocycles. The van der Waals surface area contributed by atoms with Gasteiger partial charge >= 0.3 is 0 Å². The van der Waals surface area contributed by atoms with Crippen LogP contribution in [-0.4, -0.2) is 5.84 Å². The van der Waals surface area contributed by atoms with Crippen molar-refractivity contribution < 1.29 is 0 Å². The van der Waals surface area contributed by atoms with Crippen LogP contribution in [0.4, 0.5) is 5.69 Å². The minimum absolute atomic E-state index is 0.726. The molecule has 0 saturated heterocycles. The van der Waals surface area contributed by atoms with Gasteiger partial charge in [0.1, 0.15) is 5.84 Å². The molecule has 0 aromatic heterocycles. The number of amidine groups is 1. The topological polar surface area (TPSA) is 62.4 Å². The summed E-state index contributed by atoms with van der Waals surface area (Å²) in [5, 5.41) is 0. The minimum Gasteiger partial charge on any atom is -0.296 e. The van der Waals surface area contributed by atoms with Crippen LogP contribution in [0.25, 0.3) is 0 Å². The van der Waals surface area contributed by atoms with Gasteiger partial charge < -0.3 is 0 Å². The second-order valence-electron chi connectivity index (χ2n) is 2.30. The third kappa shape index (κ3) is 2.69. The van der Waals surface area contributed by atoms with Crippen molar-refractivity contribution in [2.75, 3.05) is 0 Å². The number of aliphatic imine (C=N–C) groups is 1. The monoisotopic (exact) mass is 164 g/mol. The maximum Gasteiger partial charge on any atom is 0.114 e. The van der Waals surface area contributed by atoms with Gasteiger partial charge in [0.15, 0.2) is 0 Å². The Labute approximate surface area is 71.4 Å². The van der Waals surface area contributed by atoms with E-state index in [4.69, 9.17) is 5.84 Å². The van der Waals surface area contributed by atoms with E-state index in [1.54, 1.807) is 0 Å². The number of nitrogens with zero attached hydrogens (tertiary/aromatic N) is 1. The summed E-state index contributed by atoms with van der Waals surface area (Å²) in [5.74, 6) is 5.77. The van der Waals surface area contributed by atoms with E-state index in [0.717, 1.165) is 11.5 Å². The number of para-hydroxylation sites is 1. The Bertz CT molecular complexity index is 255. The first-order chi connectivity index (χ1) is 5.83. The van der Waals surface area contributed by atoms with E-state index in [2.05, 4.69) is 16.0 Å². The lowest BCUT2D eigenvalue weighted by Crippen LogP contribution is -2.40. The second kappa shape index (κ2) is 4.48. The zero-order chi connectivity index (χ0) is 8.81. The molecule has 0 aliphatic rings. The summed E-state index contributed by atoms with van der Waals surface area (Å²) in [7, 11) is 0. The van der Waals surface area contributed by atoms with Crippen molar-refractivity contribution in [2.24, 2.45) is 10.8 Å². The maximum absolute atomic E-state index is 5.04. The van der Waals surface area contributed by atoms with Gasteiger partial charge in [-0.3, -0.25) is 11.3 Å². The van der Waals surface area contributed by atoms with Crippen LogP contribution in [0, 0.1) is 0 Å². The number of nitrogens with one attached hydrogen (secondary N) is 2. The van der Waals surface area contributed by atoms with E-state index in [1.807, 2.05) is 37.3 Å². The number of rotatable bonds is 2. The van der Waals surface area contributed by atoms with Crippen LogP contribution in [0.3, 0.4) is 0 Å². The first kappa shape index (κ1) is 8.70. The second-order valence-corrected chi connectivity index (χ2v) is 2.30. The summed E-state index contributed by atoms with van der Waals surface area (Å²) in [4.78, 5) is 4.21. The molecule has 4 nitrogen and oxygen atoms in total. The quantitative estimate of drug-likeness (QED) is 0.261. The highest BCUT2D eigenvalue weighted by Crippen LogP contribution is 2.08. The average Bonchev–Trinajstić information content (AvgIpc) is 2.06. The highest BCUT2D eigenvalue weighted by molar-refractivity contribution is 5.81. The fourth-order valence-electron chi connectivity index (χ4n) is 0.829. The van der Waals surface area contributed by atoms with Gasteiger partial charge in [-0.15, -0.1) is 0 Å². The van der Waals surface area contributed by atoms with Crippen molar-refractivity contribution in [3.05, 3.63) is 30.3 Å². The molecular weight excluding hydrogens is 152 g/mol. The van der Waals surface area contributed by atoms with Gasteiger partial charge in [0.05, 0.1) is 5.69 Å².